The predicted octanol–water partition coefficient (Wildman–Crippen LogP) is 5.60. The van der Waals surface area contributed by atoms with Gasteiger partial charge in [0.05, 0.1) is 34.3 Å². The van der Waals surface area contributed by atoms with Gasteiger partial charge in [-0.3, -0.25) is 14.3 Å². The second kappa shape index (κ2) is 8.76. The molecule has 1 saturated heterocycles. The largest absolute Gasteiger partial charge is 0.287 e. The number of nitriles is 1. The van der Waals surface area contributed by atoms with Gasteiger partial charge in [-0.25, -0.2) is 9.97 Å². The summed E-state index contributed by atoms with van der Waals surface area (Å²) in [6, 6.07) is 20.5. The summed E-state index contributed by atoms with van der Waals surface area (Å²) < 4.78 is 2.74. The molecule has 8 heteroatoms. The van der Waals surface area contributed by atoms with Crippen LogP contribution in [-0.2, 0) is 13.1 Å². The van der Waals surface area contributed by atoms with Gasteiger partial charge in [0.2, 0.25) is 0 Å². The number of benzene rings is 2. The monoisotopic (exact) mass is 483 g/mol. The van der Waals surface area contributed by atoms with Gasteiger partial charge in [0.1, 0.15) is 22.2 Å². The number of likely N-dealkylation sites (tertiary alicyclic amines) is 1. The number of fused-ring (bicyclic) bond motifs is 2. The van der Waals surface area contributed by atoms with E-state index in [0.717, 1.165) is 45.9 Å². The summed E-state index contributed by atoms with van der Waals surface area (Å²) in [6.07, 6.45) is 2.10. The standard InChI is InChI=1S/C26H21N5OS2/c27-12-14-31-22(29-25-23(26(31)32)18(16-33-25)17-7-2-1-3-8-17)15-30-13-6-10-20(30)24-28-19-9-4-5-11-21(19)34-24/h1-5,7-9,11,16,20H,6,10,13-15H2. The quantitative estimate of drug-likeness (QED) is 0.325. The van der Waals surface area contributed by atoms with E-state index in [1.165, 1.54) is 16.0 Å². The molecular weight excluding hydrogens is 462 g/mol. The van der Waals surface area contributed by atoms with Crippen molar-refractivity contribution in [2.75, 3.05) is 6.54 Å². The van der Waals surface area contributed by atoms with E-state index >= 15 is 0 Å². The number of rotatable bonds is 5. The fourth-order valence-corrected chi connectivity index (χ4v) is 6.85. The van der Waals surface area contributed by atoms with Crippen LogP contribution in [0.5, 0.6) is 0 Å². The fourth-order valence-electron chi connectivity index (χ4n) is 4.76. The molecule has 0 saturated carbocycles. The molecule has 6 rings (SSSR count). The summed E-state index contributed by atoms with van der Waals surface area (Å²) in [6.45, 7) is 1.42. The number of thiazole rings is 1. The van der Waals surface area contributed by atoms with Crippen LogP contribution in [0.3, 0.4) is 0 Å². The average Bonchev–Trinajstić information content (AvgIpc) is 3.60. The molecule has 2 aromatic carbocycles. The molecule has 0 spiro atoms. The highest BCUT2D eigenvalue weighted by Crippen LogP contribution is 2.37. The van der Waals surface area contributed by atoms with Crippen molar-refractivity contribution in [3.63, 3.8) is 0 Å². The first-order chi connectivity index (χ1) is 16.7. The molecule has 3 aromatic heterocycles. The third-order valence-electron chi connectivity index (χ3n) is 6.39. The highest BCUT2D eigenvalue weighted by Gasteiger charge is 2.30. The zero-order chi connectivity index (χ0) is 23.1. The maximum absolute atomic E-state index is 13.6. The minimum Gasteiger partial charge on any atom is -0.287 e. The Hall–Kier alpha value is -3.38. The Morgan fingerprint density at radius 1 is 1.09 bits per heavy atom. The lowest BCUT2D eigenvalue weighted by Gasteiger charge is -2.23. The third-order valence-corrected chi connectivity index (χ3v) is 8.40. The van der Waals surface area contributed by atoms with E-state index in [-0.39, 0.29) is 18.1 Å². The lowest BCUT2D eigenvalue weighted by atomic mass is 10.1. The number of para-hydroxylation sites is 1. The molecule has 5 aromatic rings. The van der Waals surface area contributed by atoms with Crippen LogP contribution < -0.4 is 5.56 Å². The van der Waals surface area contributed by atoms with Crippen molar-refractivity contribution in [1.29, 1.82) is 5.26 Å². The fraction of sp³-hybridized carbons (Fsp3) is 0.231. The molecule has 0 aliphatic carbocycles. The number of nitrogens with zero attached hydrogens (tertiary/aromatic N) is 5. The number of hydrogen-bond acceptors (Lipinski definition) is 7. The van der Waals surface area contributed by atoms with Crippen LogP contribution in [0, 0.1) is 11.3 Å². The maximum atomic E-state index is 13.6. The van der Waals surface area contributed by atoms with Crippen LogP contribution in [0.4, 0.5) is 0 Å². The Balaban J connectivity index is 1.40. The van der Waals surface area contributed by atoms with Crippen molar-refractivity contribution >= 4 is 43.1 Å². The lowest BCUT2D eigenvalue weighted by molar-refractivity contribution is 0.238. The number of hydrogen-bond donors (Lipinski definition) is 0. The van der Waals surface area contributed by atoms with Crippen LogP contribution in [0.1, 0.15) is 29.7 Å². The van der Waals surface area contributed by atoms with Crippen molar-refractivity contribution in [3.8, 4) is 17.2 Å². The Kier molecular flexibility index (Phi) is 5.46. The minimum atomic E-state index is -0.141. The number of thiophene rings is 1. The first kappa shape index (κ1) is 21.2. The van der Waals surface area contributed by atoms with Crippen LogP contribution in [-0.4, -0.2) is 26.0 Å². The second-order valence-electron chi connectivity index (χ2n) is 8.42. The van der Waals surface area contributed by atoms with Crippen LogP contribution in [0.2, 0.25) is 0 Å². The summed E-state index contributed by atoms with van der Waals surface area (Å²) in [5, 5.41) is 13.2. The van der Waals surface area contributed by atoms with Gasteiger partial charge in [-0.1, -0.05) is 42.5 Å². The van der Waals surface area contributed by atoms with Crippen LogP contribution in [0.25, 0.3) is 31.6 Å². The molecule has 168 valence electrons. The maximum Gasteiger partial charge on any atom is 0.263 e. The zero-order valence-electron chi connectivity index (χ0n) is 18.3. The van der Waals surface area contributed by atoms with Gasteiger partial charge in [0.25, 0.3) is 5.56 Å². The molecule has 0 radical (unpaired) electrons. The number of aromatic nitrogens is 3. The van der Waals surface area contributed by atoms with Crippen molar-refractivity contribution in [1.82, 2.24) is 19.4 Å². The van der Waals surface area contributed by atoms with Crippen molar-refractivity contribution in [3.05, 3.63) is 81.2 Å². The normalized spacial score (nSPS) is 16.4. The van der Waals surface area contributed by atoms with Crippen molar-refractivity contribution < 1.29 is 0 Å². The Bertz CT molecular complexity index is 1560. The van der Waals surface area contributed by atoms with Crippen LogP contribution in [0.15, 0.2) is 64.8 Å². The Labute approximate surface area is 204 Å². The summed E-state index contributed by atoms with van der Waals surface area (Å²) in [7, 11) is 0. The molecular formula is C26H21N5OS2. The summed E-state index contributed by atoms with van der Waals surface area (Å²) >= 11 is 3.22. The summed E-state index contributed by atoms with van der Waals surface area (Å²) in [5.74, 6) is 0.647. The van der Waals surface area contributed by atoms with Gasteiger partial charge < -0.3 is 0 Å². The van der Waals surface area contributed by atoms with E-state index in [0.29, 0.717) is 17.8 Å². The lowest BCUT2D eigenvalue weighted by Crippen LogP contribution is -2.30. The van der Waals surface area contributed by atoms with E-state index in [9.17, 15) is 10.1 Å². The predicted molar refractivity (Wildman–Crippen MR) is 137 cm³/mol. The van der Waals surface area contributed by atoms with Gasteiger partial charge in [-0.15, -0.1) is 22.7 Å². The van der Waals surface area contributed by atoms with Gasteiger partial charge in [0, 0.05) is 10.9 Å². The second-order valence-corrected chi connectivity index (χ2v) is 10.3. The average molecular weight is 484 g/mol. The first-order valence-electron chi connectivity index (χ1n) is 11.3. The SMILES string of the molecule is N#CCn1c(CN2CCCC2c2nc3ccccc3s2)nc2scc(-c3ccccc3)c2c1=O. The summed E-state index contributed by atoms with van der Waals surface area (Å²) in [4.78, 5) is 26.5. The molecule has 0 N–H and O–H groups in total. The Morgan fingerprint density at radius 3 is 2.74 bits per heavy atom. The molecule has 1 atom stereocenters. The molecule has 0 bridgehead atoms. The van der Waals surface area contributed by atoms with Crippen molar-refractivity contribution in [2.45, 2.75) is 32.0 Å². The molecule has 1 aliphatic heterocycles. The zero-order valence-corrected chi connectivity index (χ0v) is 20.0. The molecule has 4 heterocycles. The minimum absolute atomic E-state index is 0.0131. The Morgan fingerprint density at radius 2 is 1.91 bits per heavy atom. The van der Waals surface area contributed by atoms with Gasteiger partial charge in [-0.05, 0) is 37.1 Å². The van der Waals surface area contributed by atoms with E-state index in [2.05, 4.69) is 23.1 Å². The smallest absolute Gasteiger partial charge is 0.263 e. The molecule has 34 heavy (non-hydrogen) atoms. The molecule has 0 amide bonds. The molecule has 6 nitrogen and oxygen atoms in total. The van der Waals surface area contributed by atoms with Gasteiger partial charge >= 0.3 is 0 Å². The highest BCUT2D eigenvalue weighted by molar-refractivity contribution is 7.18. The third kappa shape index (κ3) is 3.62. The van der Waals surface area contributed by atoms with E-state index in [1.807, 2.05) is 47.8 Å². The van der Waals surface area contributed by atoms with Gasteiger partial charge in [-0.2, -0.15) is 5.26 Å². The molecule has 1 aliphatic rings. The van der Waals surface area contributed by atoms with E-state index < -0.39 is 0 Å². The van der Waals surface area contributed by atoms with E-state index in [4.69, 9.17) is 9.97 Å². The van der Waals surface area contributed by atoms with E-state index in [1.54, 1.807) is 15.9 Å². The summed E-state index contributed by atoms with van der Waals surface area (Å²) in [5.41, 5.74) is 2.75. The van der Waals surface area contributed by atoms with Crippen LogP contribution >= 0.6 is 22.7 Å². The first-order valence-corrected chi connectivity index (χ1v) is 13.0. The molecule has 1 unspecified atom stereocenters. The highest BCUT2D eigenvalue weighted by atomic mass is 32.1. The topological polar surface area (TPSA) is 74.8 Å². The van der Waals surface area contributed by atoms with Crippen molar-refractivity contribution in [2.24, 2.45) is 0 Å². The molecule has 1 fully saturated rings. The van der Waals surface area contributed by atoms with Gasteiger partial charge in [0.15, 0.2) is 0 Å².